The molecule has 0 N–H and O–H groups in total. The molecule has 0 bridgehead atoms. The van der Waals surface area contributed by atoms with Crippen molar-refractivity contribution in [2.75, 3.05) is 21.3 Å². The van der Waals surface area contributed by atoms with Crippen LogP contribution in [0.5, 0.6) is 0 Å². The number of hydrogen-bond acceptors (Lipinski definition) is 4. The van der Waals surface area contributed by atoms with Gasteiger partial charge in [-0.25, -0.2) is 5.06 Å². The Hall–Kier alpha value is -1.36. The maximum Gasteiger partial charge on any atom is 0.317 e. The average Bonchev–Trinajstić information content (AvgIpc) is 2.11. The van der Waals surface area contributed by atoms with Crippen LogP contribution in [0.2, 0.25) is 0 Å². The van der Waals surface area contributed by atoms with Crippen molar-refractivity contribution < 1.29 is 19.2 Å². The third-order valence-electron chi connectivity index (χ3n) is 1.13. The minimum absolute atomic E-state index is 0.693. The maximum atomic E-state index is 10.9. The van der Waals surface area contributed by atoms with Crippen molar-refractivity contribution in [3.8, 4) is 0 Å². The van der Waals surface area contributed by atoms with Gasteiger partial charge >= 0.3 is 5.91 Å². The van der Waals surface area contributed by atoms with Crippen LogP contribution in [-0.4, -0.2) is 38.0 Å². The van der Waals surface area contributed by atoms with E-state index in [2.05, 4.69) is 9.57 Å². The number of likely N-dealkylation sites (N-methyl/N-ethyl adjacent to an activating group) is 1. The standard InChI is InChI=1S/C7H11NO4/c1-8(12-3)7(10)6(9)4-5-11-2/h4-5H,1-3H3/b5-4+. The molecule has 0 rings (SSSR count). The van der Waals surface area contributed by atoms with Crippen molar-refractivity contribution in [3.63, 3.8) is 0 Å². The van der Waals surface area contributed by atoms with Crippen LogP contribution < -0.4 is 0 Å². The second-order valence-corrected chi connectivity index (χ2v) is 1.89. The summed E-state index contributed by atoms with van der Waals surface area (Å²) in [4.78, 5) is 26.3. The molecule has 0 saturated carbocycles. The first-order chi connectivity index (χ1) is 5.63. The Balaban J connectivity index is 4.11. The predicted molar refractivity (Wildman–Crippen MR) is 40.9 cm³/mol. The number of nitrogens with zero attached hydrogens (tertiary/aromatic N) is 1. The number of carbonyl (C=O) groups is 2. The highest BCUT2D eigenvalue weighted by molar-refractivity contribution is 6.40. The summed E-state index contributed by atoms with van der Waals surface area (Å²) >= 11 is 0. The van der Waals surface area contributed by atoms with Gasteiger partial charge in [0, 0.05) is 13.1 Å². The lowest BCUT2D eigenvalue weighted by molar-refractivity contribution is -0.171. The van der Waals surface area contributed by atoms with Crippen LogP contribution in [0.1, 0.15) is 0 Å². The molecular formula is C7H11NO4. The van der Waals surface area contributed by atoms with Gasteiger partial charge in [0.15, 0.2) is 0 Å². The summed E-state index contributed by atoms with van der Waals surface area (Å²) in [5.41, 5.74) is 0. The zero-order chi connectivity index (χ0) is 9.56. The van der Waals surface area contributed by atoms with Crippen LogP contribution in [0.15, 0.2) is 12.3 Å². The van der Waals surface area contributed by atoms with Gasteiger partial charge in [-0.2, -0.15) is 0 Å². The van der Waals surface area contributed by atoms with Gasteiger partial charge in [0.1, 0.15) is 0 Å². The monoisotopic (exact) mass is 173 g/mol. The molecule has 0 aromatic heterocycles. The molecule has 1 amide bonds. The maximum absolute atomic E-state index is 10.9. The van der Waals surface area contributed by atoms with E-state index < -0.39 is 11.7 Å². The number of carbonyl (C=O) groups excluding carboxylic acids is 2. The Morgan fingerprint density at radius 3 is 2.33 bits per heavy atom. The molecule has 5 heteroatoms. The smallest absolute Gasteiger partial charge is 0.317 e. The summed E-state index contributed by atoms with van der Waals surface area (Å²) in [6.07, 6.45) is 2.15. The first kappa shape index (κ1) is 10.6. The third-order valence-corrected chi connectivity index (χ3v) is 1.13. The SMILES string of the molecule is CO/C=C/C(=O)C(=O)N(C)OC. The second-order valence-electron chi connectivity index (χ2n) is 1.89. The van der Waals surface area contributed by atoms with Gasteiger partial charge in [0.25, 0.3) is 0 Å². The van der Waals surface area contributed by atoms with Crippen LogP contribution >= 0.6 is 0 Å². The Labute approximate surface area is 70.5 Å². The Morgan fingerprint density at radius 2 is 1.92 bits per heavy atom. The molecule has 12 heavy (non-hydrogen) atoms. The summed E-state index contributed by atoms with van der Waals surface area (Å²) in [7, 11) is 4.03. The van der Waals surface area contributed by atoms with E-state index >= 15 is 0 Å². The Bertz CT molecular complexity index is 200. The van der Waals surface area contributed by atoms with E-state index in [0.29, 0.717) is 0 Å². The van der Waals surface area contributed by atoms with Crippen molar-refractivity contribution in [1.29, 1.82) is 0 Å². The highest BCUT2D eigenvalue weighted by Crippen LogP contribution is 1.88. The molecule has 0 aliphatic heterocycles. The van der Waals surface area contributed by atoms with Crippen molar-refractivity contribution in [2.24, 2.45) is 0 Å². The fourth-order valence-corrected chi connectivity index (χ4v) is 0.439. The highest BCUT2D eigenvalue weighted by Gasteiger charge is 2.15. The van der Waals surface area contributed by atoms with Gasteiger partial charge in [0.05, 0.1) is 20.5 Å². The number of hydroxylamine groups is 2. The zero-order valence-corrected chi connectivity index (χ0v) is 7.23. The minimum Gasteiger partial charge on any atom is -0.504 e. The molecule has 0 fully saturated rings. The third kappa shape index (κ3) is 3.16. The molecule has 0 atom stereocenters. The molecule has 0 aromatic rings. The van der Waals surface area contributed by atoms with Crippen LogP contribution in [0.3, 0.4) is 0 Å². The van der Waals surface area contributed by atoms with Gasteiger partial charge in [-0.1, -0.05) is 0 Å². The molecule has 0 radical (unpaired) electrons. The van der Waals surface area contributed by atoms with Crippen LogP contribution in [0.25, 0.3) is 0 Å². The first-order valence-corrected chi connectivity index (χ1v) is 3.19. The molecule has 0 aliphatic rings. The van der Waals surface area contributed by atoms with Crippen LogP contribution in [0.4, 0.5) is 0 Å². The van der Waals surface area contributed by atoms with Crippen molar-refractivity contribution in [3.05, 3.63) is 12.3 Å². The fraction of sp³-hybridized carbons (Fsp3) is 0.429. The van der Waals surface area contributed by atoms with E-state index in [-0.39, 0.29) is 0 Å². The quantitative estimate of drug-likeness (QED) is 0.254. The molecule has 5 nitrogen and oxygen atoms in total. The number of rotatable bonds is 4. The van der Waals surface area contributed by atoms with E-state index in [0.717, 1.165) is 17.4 Å². The van der Waals surface area contributed by atoms with Gasteiger partial charge in [0.2, 0.25) is 5.78 Å². The largest absolute Gasteiger partial charge is 0.504 e. The second kappa shape index (κ2) is 5.31. The van der Waals surface area contributed by atoms with Crippen LogP contribution in [0, 0.1) is 0 Å². The lowest BCUT2D eigenvalue weighted by Crippen LogP contribution is -2.31. The summed E-state index contributed by atoms with van der Waals surface area (Å²) in [5.74, 6) is -1.44. The Morgan fingerprint density at radius 1 is 1.33 bits per heavy atom. The van der Waals surface area contributed by atoms with Crippen molar-refractivity contribution in [1.82, 2.24) is 5.06 Å². The van der Waals surface area contributed by atoms with E-state index in [4.69, 9.17) is 0 Å². The molecule has 0 aromatic carbocycles. The van der Waals surface area contributed by atoms with E-state index in [1.165, 1.54) is 21.3 Å². The molecule has 0 unspecified atom stereocenters. The topological polar surface area (TPSA) is 55.8 Å². The van der Waals surface area contributed by atoms with Crippen molar-refractivity contribution >= 4 is 11.7 Å². The van der Waals surface area contributed by atoms with Crippen molar-refractivity contribution in [2.45, 2.75) is 0 Å². The zero-order valence-electron chi connectivity index (χ0n) is 7.23. The number of ether oxygens (including phenoxy) is 1. The average molecular weight is 173 g/mol. The lowest BCUT2D eigenvalue weighted by atomic mass is 10.3. The highest BCUT2D eigenvalue weighted by atomic mass is 16.7. The minimum atomic E-state index is -0.745. The van der Waals surface area contributed by atoms with E-state index in [1.807, 2.05) is 0 Å². The summed E-state index contributed by atoms with van der Waals surface area (Å²) < 4.78 is 4.46. The van der Waals surface area contributed by atoms with Gasteiger partial charge in [-0.15, -0.1) is 0 Å². The number of hydrogen-bond donors (Lipinski definition) is 0. The van der Waals surface area contributed by atoms with Gasteiger partial charge in [-0.3, -0.25) is 14.4 Å². The molecule has 0 aliphatic carbocycles. The fourth-order valence-electron chi connectivity index (χ4n) is 0.439. The lowest BCUT2D eigenvalue weighted by Gasteiger charge is -2.10. The number of ketones is 1. The predicted octanol–water partition coefficient (Wildman–Crippen LogP) is -0.265. The molecule has 0 spiro atoms. The van der Waals surface area contributed by atoms with Crippen LogP contribution in [-0.2, 0) is 19.2 Å². The normalized spacial score (nSPS) is 9.92. The van der Waals surface area contributed by atoms with E-state index in [9.17, 15) is 9.59 Å². The number of methoxy groups -OCH3 is 1. The number of amides is 1. The molecule has 0 heterocycles. The summed E-state index contributed by atoms with van der Waals surface area (Å²) in [5, 5.41) is 0.836. The molecule has 0 saturated heterocycles. The first-order valence-electron chi connectivity index (χ1n) is 3.19. The van der Waals surface area contributed by atoms with Gasteiger partial charge < -0.3 is 4.74 Å². The Kier molecular flexibility index (Phi) is 4.71. The summed E-state index contributed by atoms with van der Waals surface area (Å²) in [6.45, 7) is 0. The van der Waals surface area contributed by atoms with E-state index in [1.54, 1.807) is 0 Å². The molecular weight excluding hydrogens is 162 g/mol. The molecule has 68 valence electrons. The summed E-state index contributed by atoms with van der Waals surface area (Å²) in [6, 6.07) is 0. The van der Waals surface area contributed by atoms with Gasteiger partial charge in [-0.05, 0) is 0 Å².